The maximum atomic E-state index is 13.8. The van der Waals surface area contributed by atoms with Gasteiger partial charge in [0.25, 0.3) is 0 Å². The topological polar surface area (TPSA) is 50.8 Å². The number of hydrogen-bond acceptors (Lipinski definition) is 4. The van der Waals surface area contributed by atoms with Gasteiger partial charge in [0.2, 0.25) is 5.91 Å². The molecule has 26 heavy (non-hydrogen) atoms. The second-order valence-corrected chi connectivity index (χ2v) is 6.34. The molecule has 0 aliphatic carbocycles. The molecular weight excluding hydrogens is 335 g/mol. The zero-order chi connectivity index (χ0) is 18.7. The Bertz CT molecular complexity index is 810. The molecule has 1 heterocycles. The summed E-state index contributed by atoms with van der Waals surface area (Å²) in [7, 11) is 3.23. The molecule has 6 heteroatoms. The standard InChI is InChI=1S/C20H23FN2O3/c1-13(20(24)22-17-7-5-4-6-16(17)21)23-9-8-14-10-18(25-2)19(26-3)11-15(14)12-23/h4-7,10-11,13H,8-9,12H2,1-3H3,(H,22,24)/t13-/m0/s1. The lowest BCUT2D eigenvalue weighted by Crippen LogP contribution is -2.44. The molecule has 1 amide bonds. The van der Waals surface area contributed by atoms with Crippen molar-refractivity contribution in [3.63, 3.8) is 0 Å². The average Bonchev–Trinajstić information content (AvgIpc) is 2.67. The van der Waals surface area contributed by atoms with Crippen LogP contribution in [0.15, 0.2) is 36.4 Å². The van der Waals surface area contributed by atoms with Gasteiger partial charge in [-0.15, -0.1) is 0 Å². The predicted molar refractivity (Wildman–Crippen MR) is 98.2 cm³/mol. The van der Waals surface area contributed by atoms with Crippen molar-refractivity contribution in [3.8, 4) is 11.5 Å². The Hall–Kier alpha value is -2.60. The van der Waals surface area contributed by atoms with Crippen molar-refractivity contribution in [2.45, 2.75) is 25.9 Å². The first-order valence-electron chi connectivity index (χ1n) is 8.56. The van der Waals surface area contributed by atoms with Crippen LogP contribution in [0.1, 0.15) is 18.1 Å². The number of benzene rings is 2. The summed E-state index contributed by atoms with van der Waals surface area (Å²) in [5.74, 6) is 0.731. The number of nitrogens with one attached hydrogen (secondary N) is 1. The summed E-state index contributed by atoms with van der Waals surface area (Å²) in [5, 5.41) is 2.67. The fourth-order valence-electron chi connectivity index (χ4n) is 3.20. The van der Waals surface area contributed by atoms with Crippen LogP contribution >= 0.6 is 0 Å². The number of hydrogen-bond donors (Lipinski definition) is 1. The maximum absolute atomic E-state index is 13.8. The molecule has 2 aromatic carbocycles. The van der Waals surface area contributed by atoms with Gasteiger partial charge in [-0.3, -0.25) is 9.69 Å². The van der Waals surface area contributed by atoms with Crippen molar-refractivity contribution in [2.75, 3.05) is 26.1 Å². The highest BCUT2D eigenvalue weighted by Crippen LogP contribution is 2.33. The van der Waals surface area contributed by atoms with Crippen molar-refractivity contribution < 1.29 is 18.7 Å². The largest absolute Gasteiger partial charge is 0.493 e. The number of anilines is 1. The molecule has 0 fully saturated rings. The molecule has 1 aliphatic rings. The first-order valence-corrected chi connectivity index (χ1v) is 8.56. The van der Waals surface area contributed by atoms with E-state index < -0.39 is 5.82 Å². The molecule has 0 radical (unpaired) electrons. The summed E-state index contributed by atoms with van der Waals surface area (Å²) in [5.41, 5.74) is 2.51. The summed E-state index contributed by atoms with van der Waals surface area (Å²) in [6.07, 6.45) is 0.813. The third kappa shape index (κ3) is 3.65. The van der Waals surface area contributed by atoms with Gasteiger partial charge in [0.1, 0.15) is 5.82 Å². The third-order valence-electron chi connectivity index (χ3n) is 4.81. The van der Waals surface area contributed by atoms with Gasteiger partial charge < -0.3 is 14.8 Å². The molecular formula is C20H23FN2O3. The zero-order valence-electron chi connectivity index (χ0n) is 15.2. The second kappa shape index (κ2) is 7.74. The first kappa shape index (κ1) is 18.2. The Morgan fingerprint density at radius 3 is 2.46 bits per heavy atom. The van der Waals surface area contributed by atoms with Gasteiger partial charge in [-0.1, -0.05) is 12.1 Å². The Balaban J connectivity index is 1.73. The van der Waals surface area contributed by atoms with Crippen molar-refractivity contribution in [1.29, 1.82) is 0 Å². The molecule has 0 aromatic heterocycles. The number of carbonyl (C=O) groups is 1. The number of rotatable bonds is 5. The smallest absolute Gasteiger partial charge is 0.241 e. The molecule has 138 valence electrons. The highest BCUT2D eigenvalue weighted by molar-refractivity contribution is 5.94. The number of amides is 1. The quantitative estimate of drug-likeness (QED) is 0.892. The van der Waals surface area contributed by atoms with Gasteiger partial charge in [-0.2, -0.15) is 0 Å². The molecule has 1 aliphatic heterocycles. The van der Waals surface area contributed by atoms with Gasteiger partial charge in [-0.05, 0) is 48.7 Å². The van der Waals surface area contributed by atoms with Crippen LogP contribution in [0.25, 0.3) is 0 Å². The second-order valence-electron chi connectivity index (χ2n) is 6.34. The highest BCUT2D eigenvalue weighted by Gasteiger charge is 2.27. The summed E-state index contributed by atoms with van der Waals surface area (Å²) < 4.78 is 24.5. The van der Waals surface area contributed by atoms with E-state index in [-0.39, 0.29) is 17.6 Å². The lowest BCUT2D eigenvalue weighted by Gasteiger charge is -2.33. The van der Waals surface area contributed by atoms with Crippen LogP contribution < -0.4 is 14.8 Å². The Morgan fingerprint density at radius 2 is 1.81 bits per heavy atom. The SMILES string of the molecule is COc1cc2c(cc1OC)CN([C@@H](C)C(=O)Nc1ccccc1F)CC2. The van der Waals surface area contributed by atoms with Crippen LogP contribution in [0.5, 0.6) is 11.5 Å². The van der Waals surface area contributed by atoms with E-state index in [1.54, 1.807) is 32.4 Å². The maximum Gasteiger partial charge on any atom is 0.241 e. The van der Waals surface area contributed by atoms with Crippen molar-refractivity contribution in [2.24, 2.45) is 0 Å². The fraction of sp³-hybridized carbons (Fsp3) is 0.350. The molecule has 2 aromatic rings. The Kier molecular flexibility index (Phi) is 5.42. The third-order valence-corrected chi connectivity index (χ3v) is 4.81. The number of para-hydroxylation sites is 1. The van der Waals surface area contributed by atoms with Gasteiger partial charge in [0, 0.05) is 13.1 Å². The van der Waals surface area contributed by atoms with E-state index >= 15 is 0 Å². The lowest BCUT2D eigenvalue weighted by atomic mass is 9.97. The summed E-state index contributed by atoms with van der Waals surface area (Å²) in [4.78, 5) is 14.6. The van der Waals surface area contributed by atoms with E-state index in [1.807, 2.05) is 19.1 Å². The van der Waals surface area contributed by atoms with Crippen LogP contribution in [0.4, 0.5) is 10.1 Å². The minimum atomic E-state index is -0.436. The van der Waals surface area contributed by atoms with Gasteiger partial charge >= 0.3 is 0 Å². The van der Waals surface area contributed by atoms with Crippen LogP contribution in [-0.2, 0) is 17.8 Å². The molecule has 0 bridgehead atoms. The lowest BCUT2D eigenvalue weighted by molar-refractivity contribution is -0.121. The van der Waals surface area contributed by atoms with Crippen LogP contribution in [-0.4, -0.2) is 37.6 Å². The molecule has 3 rings (SSSR count). The van der Waals surface area contributed by atoms with E-state index in [9.17, 15) is 9.18 Å². The van der Waals surface area contributed by atoms with Crippen molar-refractivity contribution >= 4 is 11.6 Å². The monoisotopic (exact) mass is 358 g/mol. The van der Waals surface area contributed by atoms with Gasteiger partial charge in [0.15, 0.2) is 11.5 Å². The normalized spacial score (nSPS) is 15.1. The molecule has 0 spiro atoms. The highest BCUT2D eigenvalue weighted by atomic mass is 19.1. The molecule has 0 saturated heterocycles. The number of ether oxygens (including phenoxy) is 2. The number of carbonyl (C=O) groups excluding carboxylic acids is 1. The average molecular weight is 358 g/mol. The van der Waals surface area contributed by atoms with Gasteiger partial charge in [-0.25, -0.2) is 4.39 Å². The number of nitrogens with zero attached hydrogens (tertiary/aromatic N) is 1. The van der Waals surface area contributed by atoms with Crippen molar-refractivity contribution in [1.82, 2.24) is 4.90 Å². The Labute approximate surface area is 152 Å². The van der Waals surface area contributed by atoms with Gasteiger partial charge in [0.05, 0.1) is 25.9 Å². The van der Waals surface area contributed by atoms with E-state index in [0.717, 1.165) is 18.5 Å². The van der Waals surface area contributed by atoms with E-state index in [0.29, 0.717) is 18.0 Å². The van der Waals surface area contributed by atoms with E-state index in [2.05, 4.69) is 10.2 Å². The van der Waals surface area contributed by atoms with Crippen molar-refractivity contribution in [3.05, 3.63) is 53.3 Å². The summed E-state index contributed by atoms with van der Waals surface area (Å²) in [6, 6.07) is 9.75. The van der Waals surface area contributed by atoms with E-state index in [4.69, 9.17) is 9.47 Å². The zero-order valence-corrected chi connectivity index (χ0v) is 15.2. The van der Waals surface area contributed by atoms with E-state index in [1.165, 1.54) is 11.6 Å². The van der Waals surface area contributed by atoms with Crippen LogP contribution in [0.3, 0.4) is 0 Å². The molecule has 1 N–H and O–H groups in total. The summed E-state index contributed by atoms with van der Waals surface area (Å²) >= 11 is 0. The fourth-order valence-corrected chi connectivity index (χ4v) is 3.20. The number of halogens is 1. The minimum absolute atomic E-state index is 0.202. The molecule has 1 atom stereocenters. The molecule has 5 nitrogen and oxygen atoms in total. The molecule has 0 unspecified atom stereocenters. The summed E-state index contributed by atoms with van der Waals surface area (Å²) in [6.45, 7) is 3.21. The number of methoxy groups -OCH3 is 2. The van der Waals surface area contributed by atoms with Crippen LogP contribution in [0, 0.1) is 5.82 Å². The predicted octanol–water partition coefficient (Wildman–Crippen LogP) is 3.23. The molecule has 0 saturated carbocycles. The number of fused-ring (bicyclic) bond motifs is 1. The first-order chi connectivity index (χ1) is 12.5. The minimum Gasteiger partial charge on any atom is -0.493 e. The van der Waals surface area contributed by atoms with Crippen LogP contribution in [0.2, 0.25) is 0 Å². The Morgan fingerprint density at radius 1 is 1.15 bits per heavy atom.